The van der Waals surface area contributed by atoms with Crippen LogP contribution in [-0.2, 0) is 31.0 Å². The number of ketones is 2. The van der Waals surface area contributed by atoms with E-state index in [-0.39, 0.29) is 54.2 Å². The third-order valence-corrected chi connectivity index (χ3v) is 14.4. The number of halogens is 4. The van der Waals surface area contributed by atoms with Gasteiger partial charge in [-0.05, 0) is 100 Å². The van der Waals surface area contributed by atoms with E-state index in [0.29, 0.717) is 37.4 Å². The lowest BCUT2D eigenvalue weighted by Gasteiger charge is -2.34. The van der Waals surface area contributed by atoms with E-state index < -0.39 is 36.3 Å². The van der Waals surface area contributed by atoms with Crippen LogP contribution in [-0.4, -0.2) is 171 Å². The fraction of sp³-hybridized carbons (Fsp3) is 0.482. The predicted molar refractivity (Wildman–Crippen MR) is 282 cm³/mol. The molecule has 4 heterocycles. The number of alkyl halides is 2. The number of Topliss-reactive ketones (excluding diaryl/α,β-unsaturated/α-hetero) is 2. The molecule has 0 spiro atoms. The zero-order valence-corrected chi connectivity index (χ0v) is 43.3. The summed E-state index contributed by atoms with van der Waals surface area (Å²) in [5, 5.41) is 1.83. The van der Waals surface area contributed by atoms with Crippen molar-refractivity contribution in [3.8, 4) is 0 Å². The molecular weight excluding hydrogens is 969 g/mol. The van der Waals surface area contributed by atoms with Crippen molar-refractivity contribution in [1.29, 1.82) is 0 Å². The van der Waals surface area contributed by atoms with E-state index in [2.05, 4.69) is 45.8 Å². The second-order valence-corrected chi connectivity index (χ2v) is 20.0. The van der Waals surface area contributed by atoms with Crippen molar-refractivity contribution >= 4 is 40.9 Å². The van der Waals surface area contributed by atoms with E-state index in [1.807, 2.05) is 46.6 Å². The van der Waals surface area contributed by atoms with E-state index in [4.69, 9.17) is 5.73 Å². The Bertz CT molecular complexity index is 2540. The van der Waals surface area contributed by atoms with Crippen molar-refractivity contribution in [2.24, 2.45) is 5.73 Å². The van der Waals surface area contributed by atoms with Gasteiger partial charge in [0.05, 0.1) is 26.2 Å². The van der Waals surface area contributed by atoms with E-state index in [0.717, 1.165) is 121 Å². The number of hydrogen-bond acceptors (Lipinski definition) is 10. The Kier molecular flexibility index (Phi) is 20.7. The second-order valence-electron chi connectivity index (χ2n) is 20.0. The summed E-state index contributed by atoms with van der Waals surface area (Å²) in [6, 6.07) is 23.6. The van der Waals surface area contributed by atoms with Gasteiger partial charge in [0, 0.05) is 125 Å². The summed E-state index contributed by atoms with van der Waals surface area (Å²) < 4.78 is 54.8. The molecule has 4 aliphatic heterocycles. The number of amides is 5. The normalized spacial score (nSPS) is 17.0. The first kappa shape index (κ1) is 56.5. The minimum Gasteiger partial charge on any atom is -0.344 e. The summed E-state index contributed by atoms with van der Waals surface area (Å²) >= 11 is 0. The minimum atomic E-state index is -3.24. The maximum atomic E-state index is 15.2. The van der Waals surface area contributed by atoms with Crippen molar-refractivity contribution in [2.45, 2.75) is 71.1 Å². The van der Waals surface area contributed by atoms with Crippen molar-refractivity contribution in [3.63, 3.8) is 0 Å². The Morgan fingerprint density at radius 2 is 0.920 bits per heavy atom. The van der Waals surface area contributed by atoms with E-state index in [9.17, 15) is 37.1 Å². The van der Waals surface area contributed by atoms with Crippen LogP contribution in [0.5, 0.6) is 0 Å². The Morgan fingerprint density at radius 1 is 0.533 bits per heavy atom. The quantitative estimate of drug-likeness (QED) is 0.0882. The number of carbonyl (C=O) groups excluding carboxylic acids is 5. The van der Waals surface area contributed by atoms with E-state index >= 15 is 4.39 Å². The Morgan fingerprint density at radius 3 is 1.28 bits per heavy atom. The topological polar surface area (TPSA) is 149 Å². The summed E-state index contributed by atoms with van der Waals surface area (Å²) in [4.78, 5) is 78.6. The van der Waals surface area contributed by atoms with Crippen LogP contribution < -0.4 is 20.9 Å². The number of anilines is 2. The SMILES string of the molecule is CN1CCN(Cc2ccc(N(Cc3ccc(C(=O)CN)cc3F)C(=O)N3CCCCC3)cc2)CC1.CN1CCN(Cc2ccc(N(Cc3ccc(C(=O)CNC(=O)C(F)F)cc3F)C(=O)N3CCCCC3)cc2)CC1. The number of nitrogens with two attached hydrogens (primary N) is 1. The number of likely N-dealkylation sites (tertiary alicyclic amines) is 2. The molecule has 0 atom stereocenters. The highest BCUT2D eigenvalue weighted by Crippen LogP contribution is 2.27. The lowest BCUT2D eigenvalue weighted by molar-refractivity contribution is -0.131. The molecule has 4 aromatic carbocycles. The molecule has 404 valence electrons. The third-order valence-electron chi connectivity index (χ3n) is 14.4. The average Bonchev–Trinajstić information content (AvgIpc) is 3.43. The highest BCUT2D eigenvalue weighted by atomic mass is 19.3. The highest BCUT2D eigenvalue weighted by molar-refractivity contribution is 6.00. The zero-order valence-electron chi connectivity index (χ0n) is 43.3. The second kappa shape index (κ2) is 27.5. The molecule has 4 saturated heterocycles. The molecule has 75 heavy (non-hydrogen) atoms. The largest absolute Gasteiger partial charge is 0.344 e. The lowest BCUT2D eigenvalue weighted by Crippen LogP contribution is -2.45. The van der Waals surface area contributed by atoms with Crippen LogP contribution in [0.3, 0.4) is 0 Å². The van der Waals surface area contributed by atoms with Gasteiger partial charge in [0.2, 0.25) is 0 Å². The van der Waals surface area contributed by atoms with Gasteiger partial charge in [-0.15, -0.1) is 0 Å². The molecule has 0 radical (unpaired) electrons. The molecule has 4 fully saturated rings. The first-order chi connectivity index (χ1) is 36.1. The van der Waals surface area contributed by atoms with Gasteiger partial charge in [-0.3, -0.25) is 34.0 Å². The van der Waals surface area contributed by atoms with Crippen LogP contribution in [0.4, 0.5) is 38.5 Å². The number of rotatable bonds is 16. The van der Waals surface area contributed by atoms with Crippen molar-refractivity contribution < 1.29 is 41.5 Å². The fourth-order valence-corrected chi connectivity index (χ4v) is 9.64. The Labute approximate surface area is 438 Å². The number of benzene rings is 4. The zero-order chi connectivity index (χ0) is 53.4. The fourth-order valence-electron chi connectivity index (χ4n) is 9.64. The molecule has 3 N–H and O–H groups in total. The summed E-state index contributed by atoms with van der Waals surface area (Å²) in [7, 11) is 4.26. The van der Waals surface area contributed by atoms with Crippen LogP contribution in [0.25, 0.3) is 0 Å². The third kappa shape index (κ3) is 16.1. The molecule has 15 nitrogen and oxygen atoms in total. The van der Waals surface area contributed by atoms with E-state index in [1.54, 1.807) is 26.8 Å². The van der Waals surface area contributed by atoms with Gasteiger partial charge >= 0.3 is 18.5 Å². The lowest BCUT2D eigenvalue weighted by atomic mass is 10.1. The number of nitrogens with one attached hydrogen (secondary N) is 1. The predicted octanol–water partition coefficient (Wildman–Crippen LogP) is 7.08. The molecule has 0 aliphatic carbocycles. The van der Waals surface area contributed by atoms with Crippen LogP contribution in [0.15, 0.2) is 84.9 Å². The van der Waals surface area contributed by atoms with Crippen molar-refractivity contribution in [1.82, 2.24) is 34.7 Å². The molecule has 4 aromatic rings. The summed E-state index contributed by atoms with van der Waals surface area (Å²) in [5.41, 5.74) is 9.89. The van der Waals surface area contributed by atoms with Gasteiger partial charge in [0.1, 0.15) is 11.6 Å². The molecule has 0 saturated carbocycles. The Hall–Kier alpha value is -6.25. The minimum absolute atomic E-state index is 0.0461. The maximum Gasteiger partial charge on any atom is 0.324 e. The number of carbonyl (C=O) groups is 5. The molecule has 5 amide bonds. The number of piperidine rings is 2. The molecule has 19 heteroatoms. The number of hydrogen-bond donors (Lipinski definition) is 2. The smallest absolute Gasteiger partial charge is 0.324 e. The van der Waals surface area contributed by atoms with Gasteiger partial charge in [-0.1, -0.05) is 48.5 Å². The van der Waals surface area contributed by atoms with Crippen molar-refractivity contribution in [2.75, 3.05) is 116 Å². The van der Waals surface area contributed by atoms with Crippen LogP contribution >= 0.6 is 0 Å². The van der Waals surface area contributed by atoms with Crippen LogP contribution in [0, 0.1) is 11.6 Å². The van der Waals surface area contributed by atoms with Gasteiger partial charge in [0.15, 0.2) is 11.6 Å². The number of piperazine rings is 2. The average molecular weight is 1040 g/mol. The maximum absolute atomic E-state index is 15.2. The molecule has 0 unspecified atom stereocenters. The van der Waals surface area contributed by atoms with Crippen LogP contribution in [0.1, 0.15) is 81.5 Å². The standard InChI is InChI=1S/C29H36F3N5O3.C27H36FN5O2/c1-34-13-15-35(16-14-34)19-21-5-9-24(10-6-21)37(29(40)36-11-3-2-4-12-36)20-23-8-7-22(17-25(23)30)26(38)18-33-28(39)27(31)32;1-30-13-15-31(16-14-30)19-21-5-9-24(10-6-21)33(27(35)32-11-3-2-4-12-32)20-23-8-7-22(17-25(23)28)26(34)18-29/h5-10,17,27H,2-4,11-16,18-20H2,1H3,(H,33,39);5-10,17H,2-4,11-16,18-20,29H2,1H3. The summed E-state index contributed by atoms with van der Waals surface area (Å²) in [5.74, 6) is -3.78. The number of likely N-dealkylation sites (N-methyl/N-ethyl adjacent to an activating group) is 2. The van der Waals surface area contributed by atoms with Gasteiger partial charge < -0.3 is 30.7 Å². The Balaban J connectivity index is 0.000000221. The molecule has 0 aromatic heterocycles. The molecular formula is C56H72F4N10O5. The van der Waals surface area contributed by atoms with Crippen LogP contribution in [0.2, 0.25) is 0 Å². The number of nitrogens with zero attached hydrogens (tertiary/aromatic N) is 8. The van der Waals surface area contributed by atoms with Gasteiger partial charge in [-0.2, -0.15) is 8.78 Å². The van der Waals surface area contributed by atoms with E-state index in [1.165, 1.54) is 23.8 Å². The summed E-state index contributed by atoms with van der Waals surface area (Å²) in [6.45, 7) is 11.9. The molecule has 4 aliphatic rings. The summed E-state index contributed by atoms with van der Waals surface area (Å²) in [6.07, 6.45) is 2.73. The van der Waals surface area contributed by atoms with Gasteiger partial charge in [0.25, 0.3) is 5.91 Å². The first-order valence-corrected chi connectivity index (χ1v) is 26.2. The first-order valence-electron chi connectivity index (χ1n) is 26.2. The molecule has 0 bridgehead atoms. The van der Waals surface area contributed by atoms with Gasteiger partial charge in [-0.25, -0.2) is 18.4 Å². The number of urea groups is 2. The molecule has 8 rings (SSSR count). The highest BCUT2D eigenvalue weighted by Gasteiger charge is 2.28. The van der Waals surface area contributed by atoms with Crippen molar-refractivity contribution in [3.05, 3.63) is 130 Å². The monoisotopic (exact) mass is 1040 g/mol.